The summed E-state index contributed by atoms with van der Waals surface area (Å²) in [5.41, 5.74) is 0.357. The van der Waals surface area contributed by atoms with E-state index in [0.29, 0.717) is 29.4 Å². The summed E-state index contributed by atoms with van der Waals surface area (Å²) in [7, 11) is 5.92. The molecule has 2 aromatic rings. The van der Waals surface area contributed by atoms with Crippen LogP contribution in [0.4, 0.5) is 0 Å². The van der Waals surface area contributed by atoms with Crippen molar-refractivity contribution in [1.29, 1.82) is 0 Å². The maximum atomic E-state index is 10.6. The van der Waals surface area contributed by atoms with Crippen molar-refractivity contribution in [1.82, 2.24) is 0 Å². The van der Waals surface area contributed by atoms with E-state index in [0.717, 1.165) is 0 Å². The minimum atomic E-state index is -0.985. The van der Waals surface area contributed by atoms with E-state index < -0.39 is 11.9 Å². The average Bonchev–Trinajstić information content (AvgIpc) is 2.79. The molecular formula is C21H28O10. The van der Waals surface area contributed by atoms with E-state index in [-0.39, 0.29) is 24.3 Å². The smallest absolute Gasteiger partial charge is 0.335 e. The van der Waals surface area contributed by atoms with Gasteiger partial charge >= 0.3 is 11.9 Å². The molecule has 0 fully saturated rings. The molecule has 10 nitrogen and oxygen atoms in total. The van der Waals surface area contributed by atoms with E-state index in [1.807, 2.05) is 0 Å². The van der Waals surface area contributed by atoms with Gasteiger partial charge in [0.2, 0.25) is 0 Å². The van der Waals surface area contributed by atoms with Crippen LogP contribution in [-0.2, 0) is 0 Å². The van der Waals surface area contributed by atoms with Crippen molar-refractivity contribution in [3.8, 4) is 23.0 Å². The summed E-state index contributed by atoms with van der Waals surface area (Å²) in [4.78, 5) is 21.1. The zero-order valence-electron chi connectivity index (χ0n) is 17.8. The molecule has 0 saturated heterocycles. The minimum absolute atomic E-state index is 0.0938. The van der Waals surface area contributed by atoms with Crippen LogP contribution in [0.5, 0.6) is 23.0 Å². The first-order chi connectivity index (χ1) is 14.8. The Balaban J connectivity index is 0.000000479. The maximum Gasteiger partial charge on any atom is 0.335 e. The Labute approximate surface area is 180 Å². The number of methoxy groups -OCH3 is 4. The molecule has 0 atom stereocenters. The molecule has 0 unspecified atom stereocenters. The number of benzene rings is 2. The number of carbonyl (C=O) groups is 2. The number of hydrogen-bond acceptors (Lipinski definition) is 8. The highest BCUT2D eigenvalue weighted by molar-refractivity contribution is 5.89. The highest BCUT2D eigenvalue weighted by Crippen LogP contribution is 2.28. The summed E-state index contributed by atoms with van der Waals surface area (Å²) < 4.78 is 19.8. The van der Waals surface area contributed by atoms with Crippen LogP contribution >= 0.6 is 0 Å². The summed E-state index contributed by atoms with van der Waals surface area (Å²) in [6.07, 6.45) is 0.500. The van der Waals surface area contributed by atoms with Crippen LogP contribution in [0.1, 0.15) is 27.1 Å². The Morgan fingerprint density at radius 1 is 0.645 bits per heavy atom. The van der Waals surface area contributed by atoms with Crippen LogP contribution in [0, 0.1) is 0 Å². The molecule has 0 aliphatic carbocycles. The van der Waals surface area contributed by atoms with Gasteiger partial charge in [-0.15, -0.1) is 0 Å². The van der Waals surface area contributed by atoms with Crippen molar-refractivity contribution in [2.24, 2.45) is 0 Å². The third kappa shape index (κ3) is 9.70. The van der Waals surface area contributed by atoms with E-state index in [9.17, 15) is 9.59 Å². The van der Waals surface area contributed by atoms with Crippen molar-refractivity contribution in [2.75, 3.05) is 41.7 Å². The lowest BCUT2D eigenvalue weighted by Crippen LogP contribution is -1.98. The van der Waals surface area contributed by atoms with Gasteiger partial charge in [0, 0.05) is 13.2 Å². The zero-order valence-corrected chi connectivity index (χ0v) is 17.8. The normalized spacial score (nSPS) is 9.23. The second-order valence-electron chi connectivity index (χ2n) is 5.55. The van der Waals surface area contributed by atoms with E-state index in [2.05, 4.69) is 0 Å². The molecule has 0 aromatic heterocycles. The number of rotatable bonds is 8. The predicted octanol–water partition coefficient (Wildman–Crippen LogP) is 2.17. The average molecular weight is 440 g/mol. The number of ether oxygens (including phenoxy) is 4. The highest BCUT2D eigenvalue weighted by Gasteiger charge is 2.09. The van der Waals surface area contributed by atoms with Crippen LogP contribution in [0.25, 0.3) is 0 Å². The molecule has 2 rings (SSSR count). The molecule has 0 radical (unpaired) electrons. The fraction of sp³-hybridized carbons (Fsp3) is 0.333. The Kier molecular flexibility index (Phi) is 13.6. The van der Waals surface area contributed by atoms with Gasteiger partial charge in [-0.25, -0.2) is 9.59 Å². The molecule has 0 amide bonds. The third-order valence-electron chi connectivity index (χ3n) is 3.58. The molecule has 0 heterocycles. The molecule has 4 N–H and O–H groups in total. The Hall–Kier alpha value is -3.50. The molecule has 31 heavy (non-hydrogen) atoms. The Morgan fingerprint density at radius 2 is 0.968 bits per heavy atom. The van der Waals surface area contributed by atoms with Crippen LogP contribution in [0.2, 0.25) is 0 Å². The highest BCUT2D eigenvalue weighted by atomic mass is 16.5. The monoisotopic (exact) mass is 440 g/mol. The summed E-state index contributed by atoms with van der Waals surface area (Å²) in [6, 6.07) is 8.88. The fourth-order valence-electron chi connectivity index (χ4n) is 2.01. The maximum absolute atomic E-state index is 10.6. The number of hydrogen-bond donors (Lipinski definition) is 4. The largest absolute Gasteiger partial charge is 0.493 e. The molecule has 0 aliphatic rings. The first kappa shape index (κ1) is 27.5. The van der Waals surface area contributed by atoms with Crippen LogP contribution in [-0.4, -0.2) is 74.0 Å². The summed E-state index contributed by atoms with van der Waals surface area (Å²) in [6.45, 7) is 0.188. The number of aromatic carboxylic acids is 2. The fourth-order valence-corrected chi connectivity index (χ4v) is 2.01. The second kappa shape index (κ2) is 15.4. The lowest BCUT2D eigenvalue weighted by molar-refractivity contribution is 0.0685. The number of carboxylic acids is 2. The Morgan fingerprint density at radius 3 is 1.16 bits per heavy atom. The number of aliphatic hydroxyl groups excluding tert-OH is 2. The van der Waals surface area contributed by atoms with Gasteiger partial charge < -0.3 is 39.4 Å². The van der Waals surface area contributed by atoms with Crippen LogP contribution in [0.3, 0.4) is 0 Å². The van der Waals surface area contributed by atoms with Gasteiger partial charge in [0.15, 0.2) is 23.0 Å². The molecule has 0 aliphatic heterocycles. The van der Waals surface area contributed by atoms with Crippen molar-refractivity contribution in [3.63, 3.8) is 0 Å². The standard InChI is InChI=1S/2C9H10O4.C3H8O2/c2*1-12-7-4-3-6(9(10)11)5-8(7)13-2;4-2-1-3-5/h2*3-5H,1-2H3,(H,10,11);4-5H,1-3H2. The van der Waals surface area contributed by atoms with E-state index in [1.165, 1.54) is 52.7 Å². The van der Waals surface area contributed by atoms with Gasteiger partial charge in [-0.1, -0.05) is 0 Å². The molecule has 2 aromatic carbocycles. The molecule has 0 bridgehead atoms. The Bertz CT molecular complexity index is 752. The second-order valence-corrected chi connectivity index (χ2v) is 5.55. The van der Waals surface area contributed by atoms with Gasteiger partial charge in [0.05, 0.1) is 39.6 Å². The van der Waals surface area contributed by atoms with E-state index in [4.69, 9.17) is 39.4 Å². The van der Waals surface area contributed by atoms with Crippen LogP contribution < -0.4 is 18.9 Å². The SMILES string of the molecule is COc1ccc(C(=O)O)cc1OC.COc1ccc(C(=O)O)cc1OC.OCCCO. The summed E-state index contributed by atoms with van der Waals surface area (Å²) in [5.74, 6) is -0.0910. The van der Waals surface area contributed by atoms with Gasteiger partial charge in [0.1, 0.15) is 0 Å². The molecule has 0 spiro atoms. The third-order valence-corrected chi connectivity index (χ3v) is 3.58. The first-order valence-electron chi connectivity index (χ1n) is 8.91. The van der Waals surface area contributed by atoms with Gasteiger partial charge in [0.25, 0.3) is 0 Å². The number of carboxylic acid groups (broad SMARTS) is 2. The zero-order chi connectivity index (χ0) is 23.8. The lowest BCUT2D eigenvalue weighted by Gasteiger charge is -2.07. The summed E-state index contributed by atoms with van der Waals surface area (Å²) >= 11 is 0. The summed E-state index contributed by atoms with van der Waals surface area (Å²) in [5, 5.41) is 33.2. The topological polar surface area (TPSA) is 152 Å². The van der Waals surface area contributed by atoms with Gasteiger partial charge in [-0.2, -0.15) is 0 Å². The molecule has 0 saturated carbocycles. The van der Waals surface area contributed by atoms with Crippen molar-refractivity contribution in [3.05, 3.63) is 47.5 Å². The van der Waals surface area contributed by atoms with Gasteiger partial charge in [-0.05, 0) is 42.8 Å². The molecule has 172 valence electrons. The first-order valence-corrected chi connectivity index (χ1v) is 8.91. The van der Waals surface area contributed by atoms with E-state index >= 15 is 0 Å². The quantitative estimate of drug-likeness (QED) is 0.480. The molecule has 10 heteroatoms. The van der Waals surface area contributed by atoms with E-state index in [1.54, 1.807) is 12.1 Å². The van der Waals surface area contributed by atoms with Crippen molar-refractivity contribution in [2.45, 2.75) is 6.42 Å². The lowest BCUT2D eigenvalue weighted by atomic mass is 10.2. The van der Waals surface area contributed by atoms with Crippen LogP contribution in [0.15, 0.2) is 36.4 Å². The van der Waals surface area contributed by atoms with Crippen molar-refractivity contribution < 1.29 is 49.0 Å². The number of aliphatic hydroxyl groups is 2. The predicted molar refractivity (Wildman–Crippen MR) is 112 cm³/mol. The van der Waals surface area contributed by atoms with Gasteiger partial charge in [-0.3, -0.25) is 0 Å². The molecular weight excluding hydrogens is 412 g/mol. The minimum Gasteiger partial charge on any atom is -0.493 e. The van der Waals surface area contributed by atoms with Crippen molar-refractivity contribution >= 4 is 11.9 Å².